The van der Waals surface area contributed by atoms with Crippen LogP contribution in [0.2, 0.25) is 0 Å². The topological polar surface area (TPSA) is 9.23 Å². The van der Waals surface area contributed by atoms with Crippen molar-refractivity contribution in [1.29, 1.82) is 0 Å². The molecule has 0 bridgehead atoms. The lowest BCUT2D eigenvalue weighted by atomic mass is 9.99. The van der Waals surface area contributed by atoms with Crippen LogP contribution in [0.3, 0.4) is 0 Å². The molecule has 2 aromatic carbocycles. The zero-order chi connectivity index (χ0) is 30.8. The van der Waals surface area contributed by atoms with E-state index in [0.717, 1.165) is 34.1 Å². The second-order valence-corrected chi connectivity index (χ2v) is 19.1. The molecule has 0 amide bonds. The molecule has 4 aliphatic rings. The predicted octanol–water partition coefficient (Wildman–Crippen LogP) is 12.3. The van der Waals surface area contributed by atoms with Gasteiger partial charge in [-0.15, -0.1) is 0 Å². The van der Waals surface area contributed by atoms with Gasteiger partial charge in [-0.25, -0.2) is 0 Å². The number of hydrogen-bond donors (Lipinski definition) is 0. The van der Waals surface area contributed by atoms with Crippen LogP contribution in [-0.4, -0.2) is 29.9 Å². The lowest BCUT2D eigenvalue weighted by Crippen LogP contribution is -2.26. The summed E-state index contributed by atoms with van der Waals surface area (Å²) in [5.74, 6) is 2.02. The molecule has 4 fully saturated rings. The Balaban J connectivity index is 0.000000712. The van der Waals surface area contributed by atoms with Crippen molar-refractivity contribution in [2.45, 2.75) is 151 Å². The van der Waals surface area contributed by atoms with Gasteiger partial charge in [-0.2, -0.15) is 0 Å². The molecule has 0 spiro atoms. The van der Waals surface area contributed by atoms with Crippen molar-refractivity contribution in [3.63, 3.8) is 0 Å². The van der Waals surface area contributed by atoms with Gasteiger partial charge in [0.1, 0.15) is 11.5 Å². The van der Waals surface area contributed by atoms with Crippen LogP contribution in [0.15, 0.2) is 48.5 Å². The van der Waals surface area contributed by atoms with Crippen molar-refractivity contribution < 1.29 is 22.0 Å². The number of rotatable bonds is 8. The average molecular weight is 650 g/mol. The van der Waals surface area contributed by atoms with E-state index in [-0.39, 0.29) is 15.8 Å². The zero-order valence-electron chi connectivity index (χ0n) is 26.5. The first-order chi connectivity index (χ1) is 21.3. The third kappa shape index (κ3) is 10.5. The number of benzene rings is 2. The van der Waals surface area contributed by atoms with Gasteiger partial charge in [0.15, 0.2) is 0 Å². The van der Waals surface area contributed by atoms with Crippen LogP contribution < -0.4 is 15.3 Å². The van der Waals surface area contributed by atoms with Crippen LogP contribution in [0.25, 0.3) is 0 Å². The summed E-state index contributed by atoms with van der Waals surface area (Å²) in [6.07, 6.45) is 29.2. The summed E-state index contributed by atoms with van der Waals surface area (Å²) in [6.45, 7) is 0. The summed E-state index contributed by atoms with van der Waals surface area (Å²) in [5, 5.41) is 3.30. The molecule has 0 radical (unpaired) electrons. The Morgan fingerprint density at radius 3 is 0.864 bits per heavy atom. The van der Waals surface area contributed by atoms with E-state index in [9.17, 15) is 17.3 Å². The monoisotopic (exact) mass is 649 g/mol. The van der Waals surface area contributed by atoms with Gasteiger partial charge in [0.25, 0.3) is 0 Å². The minimum atomic E-state index is -6.00. The molecule has 0 atom stereocenters. The van der Waals surface area contributed by atoms with Gasteiger partial charge in [-0.05, 0) is 109 Å². The minimum absolute atomic E-state index is 0.0421. The molecule has 2 aromatic rings. The second kappa shape index (κ2) is 17.2. The maximum Gasteiger partial charge on any atom is 0.673 e. The zero-order valence-corrected chi connectivity index (χ0v) is 28.3. The van der Waals surface area contributed by atoms with Gasteiger partial charge in [0.05, 0.1) is 0 Å². The highest BCUT2D eigenvalue weighted by molar-refractivity contribution is 7.67. The molecule has 1 nitrogen and oxygen atoms in total. The van der Waals surface area contributed by atoms with Crippen molar-refractivity contribution in [2.24, 2.45) is 0 Å². The van der Waals surface area contributed by atoms with Gasteiger partial charge in [0.2, 0.25) is 0 Å². The molecule has 244 valence electrons. The van der Waals surface area contributed by atoms with Crippen LogP contribution >= 0.6 is 15.8 Å². The van der Waals surface area contributed by atoms with Crippen LogP contribution in [0.1, 0.15) is 128 Å². The molecule has 0 heterocycles. The maximum atomic E-state index is 9.75. The molecule has 44 heavy (non-hydrogen) atoms. The molecule has 0 N–H and O–H groups in total. The van der Waals surface area contributed by atoms with Crippen LogP contribution in [-0.2, 0) is 0 Å². The predicted molar refractivity (Wildman–Crippen MR) is 184 cm³/mol. The SMILES string of the molecule is F[B-](F)(F)F.c1cc(P(C2CCCCC2)C2CCCCC2)ccc1Oc1ccc(P(C2CCCCC2)C2CCCCC2)cc1. The Hall–Kier alpha value is -1.12. The highest BCUT2D eigenvalue weighted by Crippen LogP contribution is 2.56. The van der Waals surface area contributed by atoms with E-state index in [4.69, 9.17) is 4.74 Å². The molecule has 6 rings (SSSR count). The van der Waals surface area contributed by atoms with E-state index in [0.29, 0.717) is 0 Å². The van der Waals surface area contributed by atoms with E-state index in [1.807, 2.05) is 0 Å². The summed E-state index contributed by atoms with van der Waals surface area (Å²) in [7, 11) is -6.08. The Labute approximate surface area is 266 Å². The Bertz CT molecular complexity index is 965. The van der Waals surface area contributed by atoms with Crippen LogP contribution in [0.4, 0.5) is 17.3 Å². The fourth-order valence-corrected chi connectivity index (χ4v) is 15.9. The van der Waals surface area contributed by atoms with E-state index in [1.54, 1.807) is 10.6 Å². The van der Waals surface area contributed by atoms with E-state index in [2.05, 4.69) is 48.5 Å². The molecular weight excluding hydrogens is 597 g/mol. The van der Waals surface area contributed by atoms with E-state index in [1.165, 1.54) is 128 Å². The lowest BCUT2D eigenvalue weighted by molar-refractivity contribution is 0.368. The van der Waals surface area contributed by atoms with Gasteiger partial charge in [0, 0.05) is 0 Å². The summed E-state index contributed by atoms with van der Waals surface area (Å²) < 4.78 is 45.4. The van der Waals surface area contributed by atoms with Gasteiger partial charge < -0.3 is 22.0 Å². The Kier molecular flexibility index (Phi) is 13.3. The minimum Gasteiger partial charge on any atom is -0.457 e. The summed E-state index contributed by atoms with van der Waals surface area (Å²) in [6, 6.07) is 18.9. The van der Waals surface area contributed by atoms with Crippen LogP contribution in [0.5, 0.6) is 11.5 Å². The molecule has 0 saturated heterocycles. The maximum absolute atomic E-state index is 9.75. The van der Waals surface area contributed by atoms with Crippen molar-refractivity contribution >= 4 is 33.7 Å². The lowest BCUT2D eigenvalue weighted by Gasteiger charge is -2.39. The molecule has 8 heteroatoms. The first-order valence-electron chi connectivity index (χ1n) is 17.7. The van der Waals surface area contributed by atoms with E-state index < -0.39 is 7.25 Å². The Morgan fingerprint density at radius 2 is 0.636 bits per heavy atom. The normalized spacial score (nSPS) is 21.7. The highest BCUT2D eigenvalue weighted by atomic mass is 31.1. The molecular formula is C36H52BF4OP2-. The largest absolute Gasteiger partial charge is 0.673 e. The molecule has 0 aliphatic heterocycles. The molecule has 4 saturated carbocycles. The molecule has 0 aromatic heterocycles. The number of halogens is 4. The average Bonchev–Trinajstić information content (AvgIpc) is 3.04. The first-order valence-corrected chi connectivity index (χ1v) is 20.6. The Morgan fingerprint density at radius 1 is 0.409 bits per heavy atom. The smallest absolute Gasteiger partial charge is 0.457 e. The molecule has 4 aliphatic carbocycles. The van der Waals surface area contributed by atoms with E-state index >= 15 is 0 Å². The standard InChI is InChI=1S/C36H52OP2.BF4/c1-5-13-31(14-6-1)38(32-15-7-2-8-16-32)35-25-21-29(22-26-35)37-30-23-27-36(28-24-30)39(33-17-9-3-10-18-33)34-19-11-4-12-20-34;2-1(3,4)5/h21-28,31-34H,1-20H2;/q;-1. The first kappa shape index (κ1) is 34.2. The van der Waals surface area contributed by atoms with Crippen molar-refractivity contribution in [1.82, 2.24) is 0 Å². The third-order valence-electron chi connectivity index (χ3n) is 10.4. The third-order valence-corrected chi connectivity index (χ3v) is 17.4. The summed E-state index contributed by atoms with van der Waals surface area (Å²) in [4.78, 5) is 0. The second-order valence-electron chi connectivity index (χ2n) is 13.6. The van der Waals surface area contributed by atoms with Crippen LogP contribution in [0, 0.1) is 0 Å². The van der Waals surface area contributed by atoms with Crippen molar-refractivity contribution in [3.05, 3.63) is 48.5 Å². The summed E-state index contributed by atoms with van der Waals surface area (Å²) in [5.41, 5.74) is 3.83. The van der Waals surface area contributed by atoms with Crippen molar-refractivity contribution in [2.75, 3.05) is 0 Å². The fourth-order valence-electron chi connectivity index (χ4n) is 8.39. The quantitative estimate of drug-likeness (QED) is 0.157. The fraction of sp³-hybridized carbons (Fsp3) is 0.667. The summed E-state index contributed by atoms with van der Waals surface area (Å²) >= 11 is 0. The number of ether oxygens (including phenoxy) is 1. The van der Waals surface area contributed by atoms with Gasteiger partial charge in [-0.1, -0.05) is 117 Å². The van der Waals surface area contributed by atoms with Gasteiger partial charge >= 0.3 is 7.25 Å². The molecule has 0 unspecified atom stereocenters. The van der Waals surface area contributed by atoms with Gasteiger partial charge in [-0.3, -0.25) is 0 Å². The van der Waals surface area contributed by atoms with Crippen molar-refractivity contribution in [3.8, 4) is 11.5 Å². The highest BCUT2D eigenvalue weighted by Gasteiger charge is 2.33. The number of hydrogen-bond acceptors (Lipinski definition) is 1.